The molecule has 1 aliphatic carbocycles. The zero-order chi connectivity index (χ0) is 13.7. The van der Waals surface area contributed by atoms with Crippen LogP contribution in [0.3, 0.4) is 0 Å². The summed E-state index contributed by atoms with van der Waals surface area (Å²) in [5.74, 6) is 4.02. The van der Waals surface area contributed by atoms with Crippen molar-refractivity contribution in [3.05, 3.63) is 11.7 Å². The molecule has 0 bridgehead atoms. The minimum Gasteiger partial charge on any atom is -0.392 e. The van der Waals surface area contributed by atoms with Crippen molar-refractivity contribution in [2.75, 3.05) is 5.75 Å². The number of hydrogen-bond acceptors (Lipinski definition) is 5. The van der Waals surface area contributed by atoms with Crippen molar-refractivity contribution >= 4 is 11.8 Å². The van der Waals surface area contributed by atoms with Gasteiger partial charge in [-0.05, 0) is 24.5 Å². The van der Waals surface area contributed by atoms with E-state index in [1.54, 1.807) is 0 Å². The summed E-state index contributed by atoms with van der Waals surface area (Å²) in [6, 6.07) is 0. The Bertz CT molecular complexity index is 381. The molecule has 2 unspecified atom stereocenters. The number of thioether (sulfide) groups is 1. The molecule has 0 amide bonds. The molecular weight excluding hydrogens is 260 g/mol. The molecule has 1 N–H and O–H groups in total. The Kier molecular flexibility index (Phi) is 5.70. The van der Waals surface area contributed by atoms with Crippen molar-refractivity contribution in [1.29, 1.82) is 0 Å². The lowest BCUT2D eigenvalue weighted by molar-refractivity contribution is 0.119. The zero-order valence-electron chi connectivity index (χ0n) is 11.8. The fraction of sp³-hybridized carbons (Fsp3) is 0.857. The summed E-state index contributed by atoms with van der Waals surface area (Å²) < 4.78 is 5.35. The van der Waals surface area contributed by atoms with Crippen molar-refractivity contribution in [2.24, 2.45) is 5.92 Å². The van der Waals surface area contributed by atoms with Gasteiger partial charge in [0.25, 0.3) is 0 Å². The zero-order valence-corrected chi connectivity index (χ0v) is 12.7. The van der Waals surface area contributed by atoms with E-state index in [2.05, 4.69) is 24.0 Å². The molecule has 108 valence electrons. The van der Waals surface area contributed by atoms with Gasteiger partial charge in [-0.15, -0.1) is 0 Å². The Morgan fingerprint density at radius 2 is 2.11 bits per heavy atom. The molecule has 0 saturated heterocycles. The highest BCUT2D eigenvalue weighted by Gasteiger charge is 2.28. The number of aliphatic hydroxyl groups excluding tert-OH is 1. The number of rotatable bonds is 5. The monoisotopic (exact) mass is 284 g/mol. The second kappa shape index (κ2) is 7.29. The third kappa shape index (κ3) is 4.49. The molecule has 0 aromatic carbocycles. The Morgan fingerprint density at radius 1 is 1.32 bits per heavy atom. The van der Waals surface area contributed by atoms with E-state index in [0.717, 1.165) is 43.0 Å². The summed E-state index contributed by atoms with van der Waals surface area (Å²) in [5.41, 5.74) is 0. The first-order chi connectivity index (χ1) is 9.16. The summed E-state index contributed by atoms with van der Waals surface area (Å²) >= 11 is 1.83. The molecule has 2 rings (SSSR count). The first-order valence-electron chi connectivity index (χ1n) is 7.25. The van der Waals surface area contributed by atoms with Gasteiger partial charge in [-0.3, -0.25) is 0 Å². The lowest BCUT2D eigenvalue weighted by Gasteiger charge is -2.15. The van der Waals surface area contributed by atoms with E-state index >= 15 is 0 Å². The van der Waals surface area contributed by atoms with Crippen LogP contribution in [-0.4, -0.2) is 27.1 Å². The molecule has 1 fully saturated rings. The minimum atomic E-state index is -0.320. The average molecular weight is 284 g/mol. The minimum absolute atomic E-state index is 0.0406. The van der Waals surface area contributed by atoms with Crippen LogP contribution in [0, 0.1) is 5.92 Å². The number of hydrogen-bond donors (Lipinski definition) is 1. The highest BCUT2D eigenvalue weighted by atomic mass is 32.2. The largest absolute Gasteiger partial charge is 0.392 e. The first kappa shape index (κ1) is 14.9. The molecule has 1 aliphatic rings. The summed E-state index contributed by atoms with van der Waals surface area (Å²) in [4.78, 5) is 4.46. The summed E-state index contributed by atoms with van der Waals surface area (Å²) in [6.07, 6.45) is 4.93. The van der Waals surface area contributed by atoms with Gasteiger partial charge in [0.1, 0.15) is 0 Å². The smallest absolute Gasteiger partial charge is 0.232 e. The highest BCUT2D eigenvalue weighted by Crippen LogP contribution is 2.31. The molecule has 1 aromatic rings. The number of nitrogens with zero attached hydrogens (tertiary/aromatic N) is 2. The van der Waals surface area contributed by atoms with Crippen molar-refractivity contribution in [3.63, 3.8) is 0 Å². The van der Waals surface area contributed by atoms with E-state index in [1.807, 2.05) is 11.8 Å². The van der Waals surface area contributed by atoms with Crippen LogP contribution in [0.25, 0.3) is 0 Å². The van der Waals surface area contributed by atoms with Crippen LogP contribution in [-0.2, 0) is 5.75 Å². The van der Waals surface area contributed by atoms with Gasteiger partial charge in [0.05, 0.1) is 17.8 Å². The van der Waals surface area contributed by atoms with Crippen LogP contribution in [0.5, 0.6) is 0 Å². The lowest BCUT2D eigenvalue weighted by Crippen LogP contribution is -2.17. The van der Waals surface area contributed by atoms with Crippen LogP contribution in [0.4, 0.5) is 0 Å². The van der Waals surface area contributed by atoms with Crippen molar-refractivity contribution in [2.45, 2.75) is 63.7 Å². The Hall–Kier alpha value is -0.550. The number of aliphatic hydroxyl groups is 1. The maximum atomic E-state index is 10.1. The fourth-order valence-corrected chi connectivity index (χ4v) is 3.33. The van der Waals surface area contributed by atoms with Gasteiger partial charge in [-0.2, -0.15) is 16.7 Å². The van der Waals surface area contributed by atoms with Crippen molar-refractivity contribution < 1.29 is 9.63 Å². The average Bonchev–Trinajstić information content (AvgIpc) is 2.71. The predicted octanol–water partition coefficient (Wildman–Crippen LogP) is 3.37. The SMILES string of the molecule is CC(C)CSCc1noc(C2CCCCCC2O)n1. The Labute approximate surface area is 119 Å². The van der Waals surface area contributed by atoms with Gasteiger partial charge in [0, 0.05) is 0 Å². The number of aromatic nitrogens is 2. The third-order valence-corrected chi connectivity index (χ3v) is 4.83. The summed E-state index contributed by atoms with van der Waals surface area (Å²) in [7, 11) is 0. The molecule has 1 saturated carbocycles. The molecule has 0 radical (unpaired) electrons. The molecular formula is C14H24N2O2S. The van der Waals surface area contributed by atoms with E-state index in [-0.39, 0.29) is 12.0 Å². The lowest BCUT2D eigenvalue weighted by atomic mass is 9.97. The summed E-state index contributed by atoms with van der Waals surface area (Å²) in [5, 5.41) is 14.2. The molecule has 2 atom stereocenters. The van der Waals surface area contributed by atoms with E-state index in [0.29, 0.717) is 11.8 Å². The third-order valence-electron chi connectivity index (χ3n) is 3.46. The van der Waals surface area contributed by atoms with E-state index < -0.39 is 0 Å². The van der Waals surface area contributed by atoms with Crippen LogP contribution in [0.15, 0.2) is 4.52 Å². The van der Waals surface area contributed by atoms with Gasteiger partial charge >= 0.3 is 0 Å². The topological polar surface area (TPSA) is 59.2 Å². The van der Waals surface area contributed by atoms with Gasteiger partial charge in [-0.1, -0.05) is 38.3 Å². The van der Waals surface area contributed by atoms with E-state index in [9.17, 15) is 5.11 Å². The van der Waals surface area contributed by atoms with Crippen molar-refractivity contribution in [3.8, 4) is 0 Å². The Morgan fingerprint density at radius 3 is 2.89 bits per heavy atom. The quantitative estimate of drug-likeness (QED) is 0.840. The normalized spacial score (nSPS) is 24.6. The molecule has 19 heavy (non-hydrogen) atoms. The van der Waals surface area contributed by atoms with Crippen LogP contribution in [0.1, 0.15) is 63.6 Å². The van der Waals surface area contributed by atoms with Gasteiger partial charge in [0.15, 0.2) is 5.82 Å². The van der Waals surface area contributed by atoms with Gasteiger partial charge in [0.2, 0.25) is 5.89 Å². The van der Waals surface area contributed by atoms with Crippen molar-refractivity contribution in [1.82, 2.24) is 10.1 Å². The molecule has 1 aromatic heterocycles. The predicted molar refractivity (Wildman–Crippen MR) is 77.1 cm³/mol. The standard InChI is InChI=1S/C14H24N2O2S/c1-10(2)8-19-9-13-15-14(18-16-13)11-6-4-3-5-7-12(11)17/h10-12,17H,3-9H2,1-2H3. The molecule has 0 aliphatic heterocycles. The fourth-order valence-electron chi connectivity index (χ4n) is 2.44. The van der Waals surface area contributed by atoms with E-state index in [4.69, 9.17) is 4.52 Å². The van der Waals surface area contributed by atoms with E-state index in [1.165, 1.54) is 6.42 Å². The van der Waals surface area contributed by atoms with Gasteiger partial charge in [-0.25, -0.2) is 0 Å². The molecule has 0 spiro atoms. The Balaban J connectivity index is 1.91. The maximum Gasteiger partial charge on any atom is 0.232 e. The molecule has 4 nitrogen and oxygen atoms in total. The second-order valence-corrected chi connectivity index (χ2v) is 6.80. The van der Waals surface area contributed by atoms with Gasteiger partial charge < -0.3 is 9.63 Å². The second-order valence-electron chi connectivity index (χ2n) is 5.77. The highest BCUT2D eigenvalue weighted by molar-refractivity contribution is 7.98. The van der Waals surface area contributed by atoms with Crippen LogP contribution >= 0.6 is 11.8 Å². The molecule has 1 heterocycles. The van der Waals surface area contributed by atoms with Crippen LogP contribution in [0.2, 0.25) is 0 Å². The summed E-state index contributed by atoms with van der Waals surface area (Å²) in [6.45, 7) is 4.41. The van der Waals surface area contributed by atoms with Crippen LogP contribution < -0.4 is 0 Å². The molecule has 5 heteroatoms. The maximum absolute atomic E-state index is 10.1. The first-order valence-corrected chi connectivity index (χ1v) is 8.40.